The van der Waals surface area contributed by atoms with Gasteiger partial charge in [0.1, 0.15) is 5.78 Å². The number of rotatable bonds is 4. The van der Waals surface area contributed by atoms with Gasteiger partial charge in [0.25, 0.3) is 0 Å². The summed E-state index contributed by atoms with van der Waals surface area (Å²) in [5.41, 5.74) is 1.97. The van der Waals surface area contributed by atoms with E-state index in [9.17, 15) is 14.4 Å². The number of ketones is 1. The molecule has 8 atom stereocenters. The molecular weight excluding hydrogens is 462 g/mol. The Balaban J connectivity index is 0.000000314. The van der Waals surface area contributed by atoms with Gasteiger partial charge in [-0.1, -0.05) is 26.0 Å². The first-order valence-electron chi connectivity index (χ1n) is 13.3. The fourth-order valence-corrected chi connectivity index (χ4v) is 9.83. The number of carbonyl (C=O) groups is 3. The second kappa shape index (κ2) is 10.4. The zero-order valence-corrected chi connectivity index (χ0v) is 21.9. The molecule has 5 fully saturated rings. The summed E-state index contributed by atoms with van der Waals surface area (Å²) < 4.78 is 0. The predicted molar refractivity (Wildman–Crippen MR) is 138 cm³/mol. The molecule has 5 rings (SSSR count). The predicted octanol–water partition coefficient (Wildman–Crippen LogP) is 4.94. The Kier molecular flexibility index (Phi) is 7.87. The van der Waals surface area contributed by atoms with Crippen LogP contribution in [0.1, 0.15) is 71.6 Å². The Hall–Kier alpha value is -1.60. The highest BCUT2D eigenvalue weighted by Gasteiger charge is 2.61. The van der Waals surface area contributed by atoms with Crippen LogP contribution in [-0.2, 0) is 14.4 Å². The maximum atomic E-state index is 12.6. The number of Topliss-reactive ketones (excluding diaryl/α,β-unsaturated/α-hetero) is 1. The second-order valence-electron chi connectivity index (χ2n) is 11.9. The highest BCUT2D eigenvalue weighted by molar-refractivity contribution is 8.00. The number of thioether (sulfide) groups is 1. The average molecular weight is 504 g/mol. The lowest BCUT2D eigenvalue weighted by Gasteiger charge is -2.61. The van der Waals surface area contributed by atoms with Crippen molar-refractivity contribution in [1.82, 2.24) is 5.32 Å². The van der Waals surface area contributed by atoms with Gasteiger partial charge >= 0.3 is 11.9 Å². The number of fused-ring (bicyclic) bond motifs is 5. The van der Waals surface area contributed by atoms with Gasteiger partial charge in [-0.25, -0.2) is 9.59 Å². The molecule has 1 saturated heterocycles. The first-order chi connectivity index (χ1) is 16.5. The van der Waals surface area contributed by atoms with Crippen molar-refractivity contribution in [2.45, 2.75) is 82.1 Å². The molecule has 5 aliphatic rings. The Morgan fingerprint density at radius 2 is 1.74 bits per heavy atom. The van der Waals surface area contributed by atoms with Crippen molar-refractivity contribution < 1.29 is 24.6 Å². The number of hydrogen-bond acceptors (Lipinski definition) is 5. The third kappa shape index (κ3) is 5.27. The van der Waals surface area contributed by atoms with E-state index in [1.54, 1.807) is 0 Å². The maximum absolute atomic E-state index is 12.6. The minimum absolute atomic E-state index is 0.00678. The third-order valence-corrected chi connectivity index (χ3v) is 11.7. The molecule has 2 unspecified atom stereocenters. The van der Waals surface area contributed by atoms with Crippen molar-refractivity contribution in [2.24, 2.45) is 34.5 Å². The largest absolute Gasteiger partial charge is 0.478 e. The summed E-state index contributed by atoms with van der Waals surface area (Å²) in [6.07, 6.45) is 12.2. The van der Waals surface area contributed by atoms with Gasteiger partial charge < -0.3 is 15.5 Å². The van der Waals surface area contributed by atoms with Gasteiger partial charge in [0.05, 0.1) is 0 Å². The van der Waals surface area contributed by atoms with Gasteiger partial charge in [0.15, 0.2) is 0 Å². The maximum Gasteiger partial charge on any atom is 0.328 e. The number of carboxylic acids is 2. The molecule has 0 radical (unpaired) electrons. The fourth-order valence-electron chi connectivity index (χ4n) is 8.26. The summed E-state index contributed by atoms with van der Waals surface area (Å²) in [7, 11) is 0. The molecule has 35 heavy (non-hydrogen) atoms. The van der Waals surface area contributed by atoms with Crippen molar-refractivity contribution in [3.05, 3.63) is 24.3 Å². The summed E-state index contributed by atoms with van der Waals surface area (Å²) in [4.78, 5) is 31.7. The summed E-state index contributed by atoms with van der Waals surface area (Å²) in [5.74, 6) is 0.966. The van der Waals surface area contributed by atoms with E-state index in [-0.39, 0.29) is 5.41 Å². The van der Waals surface area contributed by atoms with E-state index >= 15 is 0 Å². The number of hydrogen-bond donors (Lipinski definition) is 3. The third-order valence-electron chi connectivity index (χ3n) is 10.1. The molecule has 0 bridgehead atoms. The zero-order valence-electron chi connectivity index (χ0n) is 21.1. The van der Waals surface area contributed by atoms with Crippen molar-refractivity contribution >= 4 is 29.5 Å². The fraction of sp³-hybridized carbons (Fsp3) is 0.750. The van der Waals surface area contributed by atoms with Gasteiger partial charge in [-0.3, -0.25) is 4.79 Å². The summed E-state index contributed by atoms with van der Waals surface area (Å²) in [6, 6.07) is 0. The molecule has 6 nitrogen and oxygen atoms in total. The molecule has 0 aromatic heterocycles. The van der Waals surface area contributed by atoms with Crippen LogP contribution in [0.2, 0.25) is 0 Å². The van der Waals surface area contributed by atoms with Crippen molar-refractivity contribution in [3.63, 3.8) is 0 Å². The molecule has 1 aliphatic heterocycles. The number of carbonyl (C=O) groups excluding carboxylic acids is 1. The van der Waals surface area contributed by atoms with Gasteiger partial charge in [-0.2, -0.15) is 11.8 Å². The van der Waals surface area contributed by atoms with Gasteiger partial charge in [0, 0.05) is 41.0 Å². The van der Waals surface area contributed by atoms with Crippen LogP contribution in [-0.4, -0.2) is 51.5 Å². The Bertz CT molecular complexity index is 880. The minimum atomic E-state index is -1.26. The van der Waals surface area contributed by atoms with Crippen molar-refractivity contribution in [3.8, 4) is 0 Å². The second-order valence-corrected chi connectivity index (χ2v) is 13.5. The van der Waals surface area contributed by atoms with Crippen LogP contribution in [0.3, 0.4) is 0 Å². The van der Waals surface area contributed by atoms with Crippen LogP contribution < -0.4 is 5.32 Å². The molecule has 7 heteroatoms. The van der Waals surface area contributed by atoms with E-state index in [0.717, 1.165) is 47.5 Å². The molecule has 0 aromatic carbocycles. The Morgan fingerprint density at radius 1 is 1.03 bits per heavy atom. The molecule has 3 N–H and O–H groups in total. The molecule has 4 aliphatic carbocycles. The smallest absolute Gasteiger partial charge is 0.328 e. The number of aliphatic carboxylic acids is 2. The lowest BCUT2D eigenvalue weighted by molar-refractivity contribution is -0.135. The Morgan fingerprint density at radius 3 is 2.37 bits per heavy atom. The topological polar surface area (TPSA) is 104 Å². The molecule has 0 spiro atoms. The first kappa shape index (κ1) is 26.5. The summed E-state index contributed by atoms with van der Waals surface area (Å²) in [5, 5.41) is 20.8. The summed E-state index contributed by atoms with van der Waals surface area (Å²) >= 11 is 2.28. The van der Waals surface area contributed by atoms with E-state index in [2.05, 4.69) is 37.5 Å². The van der Waals surface area contributed by atoms with Crippen LogP contribution >= 0.6 is 11.8 Å². The number of allylic oxidation sites excluding steroid dienone is 1. The highest BCUT2D eigenvalue weighted by atomic mass is 32.2. The minimum Gasteiger partial charge on any atom is -0.478 e. The van der Waals surface area contributed by atoms with Gasteiger partial charge in [0.2, 0.25) is 0 Å². The van der Waals surface area contributed by atoms with E-state index < -0.39 is 11.9 Å². The average Bonchev–Trinajstić information content (AvgIpc) is 3.41. The van der Waals surface area contributed by atoms with E-state index in [4.69, 9.17) is 10.2 Å². The molecule has 0 amide bonds. The highest BCUT2D eigenvalue weighted by Crippen LogP contribution is 2.66. The molecule has 0 aromatic rings. The van der Waals surface area contributed by atoms with E-state index in [1.807, 2.05) is 0 Å². The van der Waals surface area contributed by atoms with Crippen LogP contribution in [0, 0.1) is 34.5 Å². The zero-order chi connectivity index (χ0) is 25.4. The van der Waals surface area contributed by atoms with Crippen molar-refractivity contribution in [2.75, 3.05) is 13.1 Å². The van der Waals surface area contributed by atoms with Crippen LogP contribution in [0.15, 0.2) is 24.3 Å². The normalized spacial score (nSPS) is 42.6. The van der Waals surface area contributed by atoms with E-state index in [0.29, 0.717) is 29.3 Å². The summed E-state index contributed by atoms with van der Waals surface area (Å²) in [6.45, 7) is 12.0. The van der Waals surface area contributed by atoms with Gasteiger partial charge in [-0.05, 0) is 87.0 Å². The van der Waals surface area contributed by atoms with Crippen LogP contribution in [0.25, 0.3) is 0 Å². The van der Waals surface area contributed by atoms with Crippen LogP contribution in [0.5, 0.6) is 0 Å². The molecular formula is C28H41NO5S. The Labute approximate surface area is 213 Å². The SMILES string of the molecule is C=C1C[C@@H]2[C@H](CC[C@]3(C)C(=O)CC[C@@H]23)[C@@]2(C)CC[C@@H](SC3CCNC3)CC12.O=C(O)/C=C/C(=O)O. The van der Waals surface area contributed by atoms with E-state index in [1.165, 1.54) is 57.2 Å². The molecule has 1 heterocycles. The standard InChI is InChI=1S/C24H37NOS.C4H4O4/c1-15-12-18-19-4-5-22(26)24(19,3)10-7-20(18)23(2)9-6-16(13-21(15)23)27-17-8-11-25-14-17;5-3(6)1-2-4(7)8/h16-21,25H,1,4-14H2,2-3H3;1-2H,(H,5,6)(H,7,8)/b;2-1+/t16-,17?,18+,19+,20+,21?,23-,24+;/m1./s1. The number of carboxylic acid groups (broad SMARTS) is 2. The first-order valence-corrected chi connectivity index (χ1v) is 14.2. The van der Waals surface area contributed by atoms with Crippen molar-refractivity contribution in [1.29, 1.82) is 0 Å². The van der Waals surface area contributed by atoms with Crippen LogP contribution in [0.4, 0.5) is 0 Å². The monoisotopic (exact) mass is 503 g/mol. The molecule has 194 valence electrons. The lowest BCUT2D eigenvalue weighted by Crippen LogP contribution is -2.54. The van der Waals surface area contributed by atoms with Gasteiger partial charge in [-0.15, -0.1) is 0 Å². The quantitative estimate of drug-likeness (QED) is 0.369. The lowest BCUT2D eigenvalue weighted by atomic mass is 9.44. The molecule has 4 saturated carbocycles. The number of nitrogens with one attached hydrogen (secondary N) is 1.